The number of nitrogens with zero attached hydrogens (tertiary/aromatic N) is 2. The monoisotopic (exact) mass is 330 g/mol. The van der Waals surface area contributed by atoms with Crippen LogP contribution in [0.5, 0.6) is 0 Å². The highest BCUT2D eigenvalue weighted by molar-refractivity contribution is 6.43. The van der Waals surface area contributed by atoms with Gasteiger partial charge in [0.15, 0.2) is 0 Å². The third-order valence-corrected chi connectivity index (χ3v) is 3.59. The van der Waals surface area contributed by atoms with E-state index in [1.807, 2.05) is 6.07 Å². The van der Waals surface area contributed by atoms with Gasteiger partial charge >= 0.3 is 6.18 Å². The zero-order chi connectivity index (χ0) is 15.6. The molecule has 0 radical (unpaired) electrons. The number of halogens is 5. The van der Waals surface area contributed by atoms with Gasteiger partial charge in [0.25, 0.3) is 0 Å². The van der Waals surface area contributed by atoms with Gasteiger partial charge in [-0.1, -0.05) is 35.3 Å². The van der Waals surface area contributed by atoms with Crippen LogP contribution in [0.3, 0.4) is 0 Å². The Labute approximate surface area is 128 Å². The van der Waals surface area contributed by atoms with Crippen molar-refractivity contribution in [3.8, 4) is 17.3 Å². The van der Waals surface area contributed by atoms with Crippen molar-refractivity contribution in [1.29, 1.82) is 5.26 Å². The topological polar surface area (TPSA) is 36.7 Å². The lowest BCUT2D eigenvalue weighted by molar-refractivity contribution is -0.137. The van der Waals surface area contributed by atoms with Crippen LogP contribution in [0.15, 0.2) is 30.5 Å². The molecule has 2 rings (SSSR count). The summed E-state index contributed by atoms with van der Waals surface area (Å²) >= 11 is 11.9. The molecule has 1 heterocycles. The van der Waals surface area contributed by atoms with Crippen LogP contribution in [0.25, 0.3) is 11.3 Å². The van der Waals surface area contributed by atoms with Crippen molar-refractivity contribution in [1.82, 2.24) is 4.98 Å². The standard InChI is InChI=1S/C14H7Cl2F3N2/c15-11-3-1-2-10(12(11)16)13-8(4-5-20)6-9(7-21-13)14(17,18)19/h1-3,6-7H,4H2. The van der Waals surface area contributed by atoms with Gasteiger partial charge in [0.2, 0.25) is 0 Å². The Hall–Kier alpha value is -1.77. The van der Waals surface area contributed by atoms with Crippen LogP contribution in [-0.2, 0) is 12.6 Å². The van der Waals surface area contributed by atoms with E-state index in [0.717, 1.165) is 6.07 Å². The van der Waals surface area contributed by atoms with Crippen molar-refractivity contribution in [2.75, 3.05) is 0 Å². The minimum absolute atomic E-state index is 0.150. The van der Waals surface area contributed by atoms with E-state index in [9.17, 15) is 13.2 Å². The first-order valence-corrected chi connectivity index (χ1v) is 6.47. The minimum Gasteiger partial charge on any atom is -0.255 e. The normalized spacial score (nSPS) is 11.2. The molecule has 7 heteroatoms. The number of nitriles is 1. The zero-order valence-corrected chi connectivity index (χ0v) is 11.9. The van der Waals surface area contributed by atoms with Crippen molar-refractivity contribution >= 4 is 23.2 Å². The highest BCUT2D eigenvalue weighted by atomic mass is 35.5. The number of pyridine rings is 1. The highest BCUT2D eigenvalue weighted by Crippen LogP contribution is 2.36. The Kier molecular flexibility index (Phi) is 4.40. The first-order chi connectivity index (χ1) is 9.84. The minimum atomic E-state index is -4.52. The van der Waals surface area contributed by atoms with Crippen LogP contribution in [-0.4, -0.2) is 4.98 Å². The number of rotatable bonds is 2. The predicted molar refractivity (Wildman–Crippen MR) is 74.0 cm³/mol. The zero-order valence-electron chi connectivity index (χ0n) is 10.4. The molecule has 0 aliphatic heterocycles. The lowest BCUT2D eigenvalue weighted by atomic mass is 10.0. The van der Waals surface area contributed by atoms with E-state index >= 15 is 0 Å². The molecule has 2 aromatic rings. The van der Waals surface area contributed by atoms with Gasteiger partial charge in [0.1, 0.15) is 0 Å². The summed E-state index contributed by atoms with van der Waals surface area (Å²) in [5.41, 5.74) is -0.147. The largest absolute Gasteiger partial charge is 0.417 e. The second-order valence-electron chi connectivity index (χ2n) is 4.17. The molecule has 0 atom stereocenters. The SMILES string of the molecule is N#CCc1cc(C(F)(F)F)cnc1-c1cccc(Cl)c1Cl. The molecule has 0 saturated carbocycles. The maximum Gasteiger partial charge on any atom is 0.417 e. The highest BCUT2D eigenvalue weighted by Gasteiger charge is 2.32. The molecule has 0 spiro atoms. The molecule has 0 N–H and O–H groups in total. The Balaban J connectivity index is 2.64. The van der Waals surface area contributed by atoms with Crippen LogP contribution >= 0.6 is 23.2 Å². The molecule has 0 unspecified atom stereocenters. The van der Waals surface area contributed by atoms with Crippen LogP contribution in [0.2, 0.25) is 10.0 Å². The van der Waals surface area contributed by atoms with E-state index in [1.54, 1.807) is 18.2 Å². The van der Waals surface area contributed by atoms with Gasteiger partial charge in [-0.3, -0.25) is 4.98 Å². The molecular weight excluding hydrogens is 324 g/mol. The van der Waals surface area contributed by atoms with Gasteiger partial charge in [0.05, 0.1) is 33.8 Å². The van der Waals surface area contributed by atoms with Crippen LogP contribution < -0.4 is 0 Å². The van der Waals surface area contributed by atoms with E-state index in [4.69, 9.17) is 28.5 Å². The number of hydrogen-bond donors (Lipinski definition) is 0. The summed E-state index contributed by atoms with van der Waals surface area (Å²) in [6.07, 6.45) is -4.02. The van der Waals surface area contributed by atoms with Gasteiger partial charge in [0, 0.05) is 11.8 Å². The third-order valence-electron chi connectivity index (χ3n) is 2.77. The Morgan fingerprint density at radius 3 is 2.57 bits per heavy atom. The van der Waals surface area contributed by atoms with Gasteiger partial charge in [-0.25, -0.2) is 0 Å². The Morgan fingerprint density at radius 2 is 1.95 bits per heavy atom. The molecule has 0 aliphatic rings. The summed E-state index contributed by atoms with van der Waals surface area (Å²) in [4.78, 5) is 3.82. The van der Waals surface area contributed by atoms with Gasteiger partial charge in [-0.15, -0.1) is 0 Å². The smallest absolute Gasteiger partial charge is 0.255 e. The summed E-state index contributed by atoms with van der Waals surface area (Å²) in [6.45, 7) is 0. The molecular formula is C14H7Cl2F3N2. The van der Waals surface area contributed by atoms with Crippen LogP contribution in [0, 0.1) is 11.3 Å². The van der Waals surface area contributed by atoms with E-state index in [1.165, 1.54) is 0 Å². The summed E-state index contributed by atoms with van der Waals surface area (Å²) < 4.78 is 38.1. The van der Waals surface area contributed by atoms with Crippen molar-refractivity contribution in [2.24, 2.45) is 0 Å². The van der Waals surface area contributed by atoms with E-state index < -0.39 is 11.7 Å². The average molecular weight is 331 g/mol. The molecule has 0 fully saturated rings. The predicted octanol–water partition coefficient (Wildman–Crippen LogP) is 5.14. The van der Waals surface area contributed by atoms with Crippen molar-refractivity contribution in [3.05, 3.63) is 51.6 Å². The number of aromatic nitrogens is 1. The fraction of sp³-hybridized carbons (Fsp3) is 0.143. The molecule has 0 amide bonds. The quantitative estimate of drug-likeness (QED) is 0.764. The van der Waals surface area contributed by atoms with Gasteiger partial charge in [-0.2, -0.15) is 18.4 Å². The number of benzene rings is 1. The first kappa shape index (κ1) is 15.6. The fourth-order valence-corrected chi connectivity index (χ4v) is 2.20. The molecule has 21 heavy (non-hydrogen) atoms. The molecule has 1 aromatic carbocycles. The van der Waals surface area contributed by atoms with E-state index in [2.05, 4.69) is 4.98 Å². The lowest BCUT2D eigenvalue weighted by Gasteiger charge is -2.12. The van der Waals surface area contributed by atoms with Crippen molar-refractivity contribution in [3.63, 3.8) is 0 Å². The summed E-state index contributed by atoms with van der Waals surface area (Å²) in [6, 6.07) is 7.48. The number of hydrogen-bond acceptors (Lipinski definition) is 2. The van der Waals surface area contributed by atoms with Gasteiger partial charge < -0.3 is 0 Å². The molecule has 2 nitrogen and oxygen atoms in total. The molecule has 0 saturated heterocycles. The summed E-state index contributed by atoms with van der Waals surface area (Å²) in [7, 11) is 0. The van der Waals surface area contributed by atoms with Crippen LogP contribution in [0.4, 0.5) is 13.2 Å². The van der Waals surface area contributed by atoms with Crippen LogP contribution in [0.1, 0.15) is 11.1 Å². The average Bonchev–Trinajstić information content (AvgIpc) is 2.41. The van der Waals surface area contributed by atoms with Gasteiger partial charge in [-0.05, 0) is 17.7 Å². The summed E-state index contributed by atoms with van der Waals surface area (Å²) in [5.74, 6) is 0. The second kappa shape index (κ2) is 5.92. The maximum absolute atomic E-state index is 12.7. The number of alkyl halides is 3. The molecule has 0 aliphatic carbocycles. The van der Waals surface area contributed by atoms with E-state index in [0.29, 0.717) is 11.8 Å². The molecule has 1 aromatic heterocycles. The fourth-order valence-electron chi connectivity index (χ4n) is 1.81. The Bertz CT molecular complexity index is 721. The molecule has 0 bridgehead atoms. The van der Waals surface area contributed by atoms with E-state index in [-0.39, 0.29) is 27.7 Å². The Morgan fingerprint density at radius 1 is 1.24 bits per heavy atom. The molecule has 108 valence electrons. The third kappa shape index (κ3) is 3.29. The second-order valence-corrected chi connectivity index (χ2v) is 4.95. The first-order valence-electron chi connectivity index (χ1n) is 5.72. The summed E-state index contributed by atoms with van der Waals surface area (Å²) in [5, 5.41) is 9.24. The van der Waals surface area contributed by atoms with Crippen molar-refractivity contribution in [2.45, 2.75) is 12.6 Å². The van der Waals surface area contributed by atoms with Crippen molar-refractivity contribution < 1.29 is 13.2 Å². The maximum atomic E-state index is 12.7. The lowest BCUT2D eigenvalue weighted by Crippen LogP contribution is -2.07.